The molecule has 1 heterocycles. The van der Waals surface area contributed by atoms with Crippen LogP contribution in [0.25, 0.3) is 0 Å². The van der Waals surface area contributed by atoms with E-state index in [1.807, 2.05) is 30.3 Å². The van der Waals surface area contributed by atoms with Crippen molar-refractivity contribution in [3.63, 3.8) is 0 Å². The Balaban J connectivity index is 1.49. The summed E-state index contributed by atoms with van der Waals surface area (Å²) in [7, 11) is -3.36. The number of carbonyl (C=O) groups excluding carboxylic acids is 2. The lowest BCUT2D eigenvalue weighted by atomic mass is 10.2. The SMILES string of the molecule is CS(=O)(=O)Nc1ccc(C(=O)N2CCCN(C(=O)CCOc3ccccc3)CC2)cc1. The van der Waals surface area contributed by atoms with Crippen molar-refractivity contribution in [2.45, 2.75) is 12.8 Å². The van der Waals surface area contributed by atoms with Crippen LogP contribution in [-0.4, -0.2) is 69.1 Å². The van der Waals surface area contributed by atoms with Gasteiger partial charge in [0.15, 0.2) is 0 Å². The summed E-state index contributed by atoms with van der Waals surface area (Å²) in [5.41, 5.74) is 0.888. The molecule has 1 aliphatic heterocycles. The third kappa shape index (κ3) is 6.99. The van der Waals surface area contributed by atoms with Gasteiger partial charge in [-0.25, -0.2) is 8.42 Å². The number of rotatable bonds is 7. The number of anilines is 1. The molecular weight excluding hydrogens is 418 g/mol. The highest BCUT2D eigenvalue weighted by Crippen LogP contribution is 2.15. The maximum Gasteiger partial charge on any atom is 0.253 e. The maximum atomic E-state index is 12.8. The number of hydrogen-bond acceptors (Lipinski definition) is 5. The minimum Gasteiger partial charge on any atom is -0.493 e. The summed E-state index contributed by atoms with van der Waals surface area (Å²) in [6, 6.07) is 15.7. The van der Waals surface area contributed by atoms with Crippen LogP contribution in [0.5, 0.6) is 5.75 Å². The number of para-hydroxylation sites is 1. The van der Waals surface area contributed by atoms with Gasteiger partial charge in [0.25, 0.3) is 5.91 Å². The Morgan fingerprint density at radius 2 is 1.58 bits per heavy atom. The lowest BCUT2D eigenvalue weighted by Crippen LogP contribution is -2.37. The Labute approximate surface area is 182 Å². The van der Waals surface area contributed by atoms with Gasteiger partial charge >= 0.3 is 0 Å². The standard InChI is InChI=1S/C22H27N3O5S/c1-31(28,29)23-19-10-8-18(9-11-19)22(27)25-14-5-13-24(15-16-25)21(26)12-17-30-20-6-3-2-4-7-20/h2-4,6-11,23H,5,12-17H2,1H3. The minimum absolute atomic E-state index is 0.0152. The molecular formula is C22H27N3O5S. The summed E-state index contributed by atoms with van der Waals surface area (Å²) in [4.78, 5) is 28.9. The van der Waals surface area contributed by atoms with Gasteiger partial charge < -0.3 is 14.5 Å². The maximum absolute atomic E-state index is 12.8. The van der Waals surface area contributed by atoms with Crippen molar-refractivity contribution in [2.24, 2.45) is 0 Å². The van der Waals surface area contributed by atoms with Crippen LogP contribution in [0, 0.1) is 0 Å². The number of ether oxygens (including phenoxy) is 1. The van der Waals surface area contributed by atoms with Gasteiger partial charge in [0, 0.05) is 37.4 Å². The molecule has 166 valence electrons. The summed E-state index contributed by atoms with van der Waals surface area (Å²) in [5.74, 6) is 0.620. The molecule has 3 rings (SSSR count). The van der Waals surface area contributed by atoms with Crippen LogP contribution in [0.15, 0.2) is 54.6 Å². The van der Waals surface area contributed by atoms with Crippen LogP contribution in [0.1, 0.15) is 23.2 Å². The monoisotopic (exact) mass is 445 g/mol. The fraction of sp³-hybridized carbons (Fsp3) is 0.364. The van der Waals surface area contributed by atoms with Crippen molar-refractivity contribution < 1.29 is 22.7 Å². The zero-order chi connectivity index (χ0) is 22.3. The van der Waals surface area contributed by atoms with E-state index in [9.17, 15) is 18.0 Å². The van der Waals surface area contributed by atoms with Crippen molar-refractivity contribution in [1.29, 1.82) is 0 Å². The predicted molar refractivity (Wildman–Crippen MR) is 119 cm³/mol. The van der Waals surface area contributed by atoms with Crippen LogP contribution >= 0.6 is 0 Å². The molecule has 1 N–H and O–H groups in total. The van der Waals surface area contributed by atoms with Crippen molar-refractivity contribution in [2.75, 3.05) is 43.8 Å². The van der Waals surface area contributed by atoms with E-state index >= 15 is 0 Å². The molecule has 0 atom stereocenters. The Hall–Kier alpha value is -3.07. The second-order valence-electron chi connectivity index (χ2n) is 7.39. The number of sulfonamides is 1. The lowest BCUT2D eigenvalue weighted by molar-refractivity contribution is -0.131. The van der Waals surface area contributed by atoms with E-state index in [1.54, 1.807) is 34.1 Å². The average molecular weight is 446 g/mol. The van der Waals surface area contributed by atoms with Crippen LogP contribution < -0.4 is 9.46 Å². The predicted octanol–water partition coefficient (Wildman–Crippen LogP) is 2.20. The van der Waals surface area contributed by atoms with E-state index in [-0.39, 0.29) is 18.2 Å². The first-order valence-corrected chi connectivity index (χ1v) is 12.0. The molecule has 1 fully saturated rings. The van der Waals surface area contributed by atoms with Gasteiger partial charge in [-0.05, 0) is 42.8 Å². The first-order valence-electron chi connectivity index (χ1n) is 10.1. The minimum atomic E-state index is -3.36. The summed E-state index contributed by atoms with van der Waals surface area (Å²) < 4.78 is 30.6. The molecule has 2 aromatic carbocycles. The Morgan fingerprint density at radius 1 is 0.935 bits per heavy atom. The van der Waals surface area contributed by atoms with Gasteiger partial charge in [-0.3, -0.25) is 14.3 Å². The summed E-state index contributed by atoms with van der Waals surface area (Å²) in [6.45, 7) is 2.41. The normalized spacial score (nSPS) is 14.6. The zero-order valence-corrected chi connectivity index (χ0v) is 18.3. The summed E-state index contributed by atoms with van der Waals surface area (Å²) in [6.07, 6.45) is 2.06. The van der Waals surface area contributed by atoms with E-state index in [2.05, 4.69) is 4.72 Å². The van der Waals surface area contributed by atoms with Gasteiger partial charge in [0.2, 0.25) is 15.9 Å². The number of amides is 2. The lowest BCUT2D eigenvalue weighted by Gasteiger charge is -2.22. The number of hydrogen-bond donors (Lipinski definition) is 1. The third-order valence-corrected chi connectivity index (χ3v) is 5.51. The molecule has 31 heavy (non-hydrogen) atoms. The first-order chi connectivity index (χ1) is 14.8. The first kappa shape index (κ1) is 22.6. The molecule has 0 aromatic heterocycles. The van der Waals surface area contributed by atoms with Crippen LogP contribution in [0.2, 0.25) is 0 Å². The fourth-order valence-corrected chi connectivity index (χ4v) is 3.94. The van der Waals surface area contributed by atoms with E-state index < -0.39 is 10.0 Å². The van der Waals surface area contributed by atoms with Gasteiger partial charge in [-0.15, -0.1) is 0 Å². The molecule has 8 nitrogen and oxygen atoms in total. The van der Waals surface area contributed by atoms with E-state index in [1.165, 1.54) is 0 Å². The molecule has 0 saturated carbocycles. The average Bonchev–Trinajstić information content (AvgIpc) is 3.00. The molecule has 1 saturated heterocycles. The van der Waals surface area contributed by atoms with Crippen LogP contribution in [0.4, 0.5) is 5.69 Å². The van der Waals surface area contributed by atoms with Crippen molar-refractivity contribution >= 4 is 27.5 Å². The van der Waals surface area contributed by atoms with Crippen molar-refractivity contribution in [3.8, 4) is 5.75 Å². The highest BCUT2D eigenvalue weighted by Gasteiger charge is 2.22. The molecule has 9 heteroatoms. The largest absolute Gasteiger partial charge is 0.493 e. The third-order valence-electron chi connectivity index (χ3n) is 4.90. The van der Waals surface area contributed by atoms with Crippen molar-refractivity contribution in [1.82, 2.24) is 9.80 Å². The van der Waals surface area contributed by atoms with Crippen LogP contribution in [-0.2, 0) is 14.8 Å². The van der Waals surface area contributed by atoms with Gasteiger partial charge in [0.05, 0.1) is 19.3 Å². The van der Waals surface area contributed by atoms with Crippen LogP contribution in [0.3, 0.4) is 0 Å². The number of nitrogens with one attached hydrogen (secondary N) is 1. The van der Waals surface area contributed by atoms with Gasteiger partial charge in [-0.2, -0.15) is 0 Å². The molecule has 0 unspecified atom stereocenters. The molecule has 0 spiro atoms. The van der Waals surface area contributed by atoms with E-state index in [4.69, 9.17) is 4.74 Å². The van der Waals surface area contributed by atoms with Gasteiger partial charge in [-0.1, -0.05) is 18.2 Å². The number of nitrogens with zero attached hydrogens (tertiary/aromatic N) is 2. The Morgan fingerprint density at radius 3 is 2.26 bits per heavy atom. The zero-order valence-electron chi connectivity index (χ0n) is 17.5. The Bertz CT molecular complexity index is 994. The van der Waals surface area contributed by atoms with Crippen molar-refractivity contribution in [3.05, 3.63) is 60.2 Å². The Kier molecular flexibility index (Phi) is 7.51. The quantitative estimate of drug-likeness (QED) is 0.705. The smallest absolute Gasteiger partial charge is 0.253 e. The van der Waals surface area contributed by atoms with E-state index in [0.717, 1.165) is 12.0 Å². The molecule has 1 aliphatic rings. The molecule has 2 aromatic rings. The summed E-state index contributed by atoms with van der Waals surface area (Å²) >= 11 is 0. The molecule has 0 bridgehead atoms. The molecule has 2 amide bonds. The van der Waals surface area contributed by atoms with E-state index in [0.29, 0.717) is 50.5 Å². The van der Waals surface area contributed by atoms with Gasteiger partial charge in [0.1, 0.15) is 5.75 Å². The topological polar surface area (TPSA) is 96.0 Å². The fourth-order valence-electron chi connectivity index (χ4n) is 3.38. The second-order valence-corrected chi connectivity index (χ2v) is 9.14. The second kappa shape index (κ2) is 10.3. The highest BCUT2D eigenvalue weighted by molar-refractivity contribution is 7.92. The summed E-state index contributed by atoms with van der Waals surface area (Å²) in [5, 5.41) is 0. The molecule has 0 radical (unpaired) electrons. The number of benzene rings is 2. The molecule has 0 aliphatic carbocycles. The highest BCUT2D eigenvalue weighted by atomic mass is 32.2. The number of carbonyl (C=O) groups is 2.